The van der Waals surface area contributed by atoms with Crippen LogP contribution in [-0.2, 0) is 20.4 Å². The van der Waals surface area contributed by atoms with E-state index in [2.05, 4.69) is 10.6 Å². The quantitative estimate of drug-likeness (QED) is 0.421. The van der Waals surface area contributed by atoms with Crippen LogP contribution < -0.4 is 25.2 Å². The number of hydrogen-bond donors (Lipinski definition) is 2. The van der Waals surface area contributed by atoms with E-state index in [4.69, 9.17) is 4.74 Å². The Morgan fingerprint density at radius 2 is 1.76 bits per heavy atom. The number of rotatable bonds is 7. The van der Waals surface area contributed by atoms with E-state index < -0.39 is 39.3 Å². The molecular formula is C30H33FN4O5S. The molecule has 2 N–H and O–H groups in total. The Morgan fingerprint density at radius 1 is 1.07 bits per heavy atom. The lowest BCUT2D eigenvalue weighted by atomic mass is 10.0. The van der Waals surface area contributed by atoms with E-state index in [0.717, 1.165) is 6.07 Å². The molecule has 9 nitrogen and oxygen atoms in total. The number of amides is 4. The number of anilines is 3. The first-order valence-corrected chi connectivity index (χ1v) is 14.2. The zero-order valence-electron chi connectivity index (χ0n) is 23.5. The van der Waals surface area contributed by atoms with Crippen molar-refractivity contribution in [2.45, 2.75) is 49.4 Å². The van der Waals surface area contributed by atoms with E-state index in [-0.39, 0.29) is 24.2 Å². The van der Waals surface area contributed by atoms with Crippen molar-refractivity contribution in [3.8, 4) is 5.75 Å². The number of urea groups is 1. The molecule has 0 spiro atoms. The molecule has 2 unspecified atom stereocenters. The fourth-order valence-electron chi connectivity index (χ4n) is 4.75. The number of para-hydroxylation sites is 1. The molecule has 4 amide bonds. The van der Waals surface area contributed by atoms with Crippen molar-refractivity contribution in [3.63, 3.8) is 0 Å². The number of nitrogens with one attached hydrogen (secondary N) is 2. The summed E-state index contributed by atoms with van der Waals surface area (Å²) in [4.78, 5) is 44.2. The van der Waals surface area contributed by atoms with Gasteiger partial charge >= 0.3 is 6.03 Å². The van der Waals surface area contributed by atoms with Crippen molar-refractivity contribution in [2.24, 2.45) is 0 Å². The first-order valence-electron chi connectivity index (χ1n) is 13.1. The minimum absolute atomic E-state index is 0.185. The number of fused-ring (bicyclic) bond motifs is 1. The third-order valence-electron chi connectivity index (χ3n) is 6.83. The minimum atomic E-state index is -1.76. The zero-order valence-corrected chi connectivity index (χ0v) is 24.3. The molecule has 0 radical (unpaired) electrons. The summed E-state index contributed by atoms with van der Waals surface area (Å²) in [6.07, 6.45) is 0. The van der Waals surface area contributed by atoms with E-state index >= 15 is 0 Å². The molecule has 0 fully saturated rings. The molecule has 11 heteroatoms. The first kappa shape index (κ1) is 29.7. The van der Waals surface area contributed by atoms with Gasteiger partial charge in [-0.25, -0.2) is 9.18 Å². The smallest absolute Gasteiger partial charge is 0.319 e. The van der Waals surface area contributed by atoms with Crippen LogP contribution in [0.4, 0.5) is 26.2 Å². The van der Waals surface area contributed by atoms with Gasteiger partial charge in [-0.3, -0.25) is 18.7 Å². The van der Waals surface area contributed by atoms with Gasteiger partial charge in [0, 0.05) is 17.4 Å². The summed E-state index contributed by atoms with van der Waals surface area (Å²) >= 11 is 0. The van der Waals surface area contributed by atoms with Crippen LogP contribution in [0.1, 0.15) is 27.7 Å². The second-order valence-electron chi connectivity index (χ2n) is 10.4. The predicted octanol–water partition coefficient (Wildman–Crippen LogP) is 4.70. The molecule has 3 aromatic carbocycles. The largest absolute Gasteiger partial charge is 0.497 e. The number of methoxy groups -OCH3 is 1. The second kappa shape index (κ2) is 12.1. The number of halogens is 1. The Labute approximate surface area is 241 Å². The Balaban J connectivity index is 1.69. The van der Waals surface area contributed by atoms with Crippen LogP contribution >= 0.6 is 0 Å². The van der Waals surface area contributed by atoms with Crippen LogP contribution in [0.2, 0.25) is 0 Å². The fourth-order valence-corrected chi connectivity index (χ4v) is 6.26. The van der Waals surface area contributed by atoms with Gasteiger partial charge in [-0.05, 0) is 82.3 Å². The van der Waals surface area contributed by atoms with Crippen molar-refractivity contribution in [3.05, 3.63) is 78.6 Å². The molecule has 3 aromatic rings. The number of benzene rings is 3. The summed E-state index contributed by atoms with van der Waals surface area (Å²) in [5.41, 5.74) is 1.13. The van der Waals surface area contributed by atoms with Crippen LogP contribution in [0.3, 0.4) is 0 Å². The zero-order chi connectivity index (χ0) is 29.9. The highest BCUT2D eigenvalue weighted by Gasteiger charge is 2.48. The van der Waals surface area contributed by atoms with Crippen molar-refractivity contribution in [2.75, 3.05) is 28.8 Å². The minimum Gasteiger partial charge on any atom is -0.497 e. The topological polar surface area (TPSA) is 108 Å². The summed E-state index contributed by atoms with van der Waals surface area (Å²) in [7, 11) is -0.206. The summed E-state index contributed by atoms with van der Waals surface area (Å²) in [6.45, 7) is 6.60. The van der Waals surface area contributed by atoms with Crippen LogP contribution in [0.15, 0.2) is 77.7 Å². The van der Waals surface area contributed by atoms with E-state index in [1.54, 1.807) is 74.4 Å². The Bertz CT molecular complexity index is 1480. The highest BCUT2D eigenvalue weighted by molar-refractivity contribution is 7.86. The van der Waals surface area contributed by atoms with Crippen molar-refractivity contribution in [1.82, 2.24) is 5.32 Å². The number of ether oxygens (including phenoxy) is 1. The van der Waals surface area contributed by atoms with E-state index in [0.29, 0.717) is 22.0 Å². The lowest BCUT2D eigenvalue weighted by molar-refractivity contribution is -0.124. The molecule has 1 aliphatic rings. The summed E-state index contributed by atoms with van der Waals surface area (Å²) < 4.78 is 31.5. The van der Waals surface area contributed by atoms with E-state index in [9.17, 15) is 23.0 Å². The summed E-state index contributed by atoms with van der Waals surface area (Å²) in [6, 6.07) is 16.7. The number of hydrogen-bond acceptors (Lipinski definition) is 5. The predicted molar refractivity (Wildman–Crippen MR) is 157 cm³/mol. The standard InChI is InChI=1S/C30H33FN4O5S/c1-19(2)35(22-13-15-23(40-5)16-14-22)26(36)18-34-24-11-6-7-12-25(24)41(39)30(3,4)27(28(34)37)33-29(38)32-21-10-8-9-20(31)17-21/h6-17,19,27H,18H2,1-5H3,(H2,32,33,38). The van der Waals surface area contributed by atoms with Crippen molar-refractivity contribution in [1.29, 1.82) is 0 Å². The van der Waals surface area contributed by atoms with Crippen LogP contribution in [0, 0.1) is 5.82 Å². The SMILES string of the molecule is COc1ccc(N(C(=O)CN2C(=O)C(NC(=O)Nc3cccc(F)c3)C(C)(C)S(=O)c3ccccc32)C(C)C)cc1. The molecular weight excluding hydrogens is 547 g/mol. The van der Waals surface area contributed by atoms with Gasteiger partial charge in [-0.1, -0.05) is 18.2 Å². The summed E-state index contributed by atoms with van der Waals surface area (Å²) in [5.74, 6) is -0.880. The Kier molecular flexibility index (Phi) is 8.77. The van der Waals surface area contributed by atoms with Gasteiger partial charge in [0.25, 0.3) is 5.91 Å². The molecule has 2 atom stereocenters. The monoisotopic (exact) mass is 580 g/mol. The molecule has 0 aliphatic carbocycles. The third-order valence-corrected chi connectivity index (χ3v) is 8.76. The van der Waals surface area contributed by atoms with E-state index in [1.165, 1.54) is 23.1 Å². The van der Waals surface area contributed by atoms with Crippen molar-refractivity contribution >= 4 is 45.7 Å². The lowest BCUT2D eigenvalue weighted by Gasteiger charge is -2.34. The first-order chi connectivity index (χ1) is 19.4. The molecule has 0 bridgehead atoms. The highest BCUT2D eigenvalue weighted by atomic mass is 32.2. The molecule has 0 saturated heterocycles. The van der Waals surface area contributed by atoms with Gasteiger partial charge in [0.15, 0.2) is 0 Å². The highest BCUT2D eigenvalue weighted by Crippen LogP contribution is 2.37. The van der Waals surface area contributed by atoms with E-state index in [1.807, 2.05) is 13.8 Å². The maximum atomic E-state index is 14.2. The number of carbonyl (C=O) groups excluding carboxylic acids is 3. The fraction of sp³-hybridized carbons (Fsp3) is 0.300. The average molecular weight is 581 g/mol. The molecule has 0 aromatic heterocycles. The molecule has 1 heterocycles. The molecule has 41 heavy (non-hydrogen) atoms. The third kappa shape index (κ3) is 6.25. The Morgan fingerprint density at radius 3 is 2.39 bits per heavy atom. The van der Waals surface area contributed by atoms with Gasteiger partial charge in [0.1, 0.15) is 24.2 Å². The van der Waals surface area contributed by atoms with Crippen molar-refractivity contribution < 1.29 is 27.7 Å². The van der Waals surface area contributed by atoms with Crippen LogP contribution in [0.5, 0.6) is 5.75 Å². The lowest BCUT2D eigenvalue weighted by Crippen LogP contribution is -2.60. The normalized spacial score (nSPS) is 17.8. The second-order valence-corrected chi connectivity index (χ2v) is 12.4. The molecule has 216 valence electrons. The maximum Gasteiger partial charge on any atom is 0.319 e. The van der Waals surface area contributed by atoms with Gasteiger partial charge in [-0.15, -0.1) is 0 Å². The van der Waals surface area contributed by atoms with Gasteiger partial charge < -0.3 is 20.3 Å². The van der Waals surface area contributed by atoms with Crippen LogP contribution in [0.25, 0.3) is 0 Å². The van der Waals surface area contributed by atoms with Gasteiger partial charge in [0.05, 0.1) is 33.2 Å². The van der Waals surface area contributed by atoms with Gasteiger partial charge in [0.2, 0.25) is 5.91 Å². The van der Waals surface area contributed by atoms with Crippen LogP contribution in [-0.4, -0.2) is 52.5 Å². The van der Waals surface area contributed by atoms with Gasteiger partial charge in [-0.2, -0.15) is 0 Å². The molecule has 0 saturated carbocycles. The molecule has 1 aliphatic heterocycles. The summed E-state index contributed by atoms with van der Waals surface area (Å²) in [5, 5.41) is 5.16. The maximum absolute atomic E-state index is 14.2. The average Bonchev–Trinajstić information content (AvgIpc) is 2.98. The Hall–Kier alpha value is -4.25. The number of carbonyl (C=O) groups is 3. The molecule has 4 rings (SSSR count). The number of nitrogens with zero attached hydrogens (tertiary/aromatic N) is 2.